The third-order valence-electron chi connectivity index (χ3n) is 2.98. The molecular weight excluding hydrogens is 338 g/mol. The Hall–Kier alpha value is -2.28. The molecule has 1 N–H and O–H groups in total. The molecule has 0 saturated carbocycles. The van der Waals surface area contributed by atoms with Gasteiger partial charge in [-0.05, 0) is 53.5 Å². The molecule has 7 heteroatoms. The number of amides is 1. The van der Waals surface area contributed by atoms with E-state index in [-0.39, 0.29) is 11.6 Å². The van der Waals surface area contributed by atoms with Crippen LogP contribution in [-0.2, 0) is 0 Å². The first-order valence-corrected chi connectivity index (χ1v) is 6.86. The maximum Gasteiger partial charge on any atom is 0.274 e. The lowest BCUT2D eigenvalue weighted by Gasteiger charge is -2.10. The van der Waals surface area contributed by atoms with Crippen LogP contribution < -0.4 is 5.32 Å². The number of aryl methyl sites for hydroxylation is 2. The van der Waals surface area contributed by atoms with E-state index >= 15 is 0 Å². The number of nitro groups is 1. The van der Waals surface area contributed by atoms with Gasteiger partial charge in [0.1, 0.15) is 4.60 Å². The summed E-state index contributed by atoms with van der Waals surface area (Å²) in [5.74, 6) is -0.348. The first-order valence-electron chi connectivity index (χ1n) is 6.07. The van der Waals surface area contributed by atoms with Crippen LogP contribution in [0, 0.1) is 24.0 Å². The van der Waals surface area contributed by atoms with E-state index in [2.05, 4.69) is 26.2 Å². The van der Waals surface area contributed by atoms with Gasteiger partial charge in [0.05, 0.1) is 10.6 Å². The van der Waals surface area contributed by atoms with Crippen molar-refractivity contribution in [2.45, 2.75) is 13.8 Å². The zero-order chi connectivity index (χ0) is 15.6. The monoisotopic (exact) mass is 349 g/mol. The van der Waals surface area contributed by atoms with Gasteiger partial charge in [-0.2, -0.15) is 0 Å². The van der Waals surface area contributed by atoms with Gasteiger partial charge in [0.2, 0.25) is 0 Å². The van der Waals surface area contributed by atoms with Crippen molar-refractivity contribution in [3.05, 3.63) is 61.9 Å². The van der Waals surface area contributed by atoms with Crippen molar-refractivity contribution in [1.29, 1.82) is 0 Å². The van der Waals surface area contributed by atoms with Crippen LogP contribution in [0.25, 0.3) is 0 Å². The number of hydrogen-bond donors (Lipinski definition) is 1. The number of carbonyl (C=O) groups excluding carboxylic acids is 1. The van der Waals surface area contributed by atoms with Gasteiger partial charge in [-0.1, -0.05) is 0 Å². The van der Waals surface area contributed by atoms with Crippen molar-refractivity contribution >= 4 is 33.2 Å². The van der Waals surface area contributed by atoms with E-state index in [1.165, 1.54) is 12.3 Å². The molecule has 2 rings (SSSR count). The van der Waals surface area contributed by atoms with E-state index < -0.39 is 4.92 Å². The Morgan fingerprint density at radius 1 is 1.29 bits per heavy atom. The van der Waals surface area contributed by atoms with Crippen LogP contribution in [-0.4, -0.2) is 15.8 Å². The van der Waals surface area contributed by atoms with Gasteiger partial charge in [0.25, 0.3) is 11.6 Å². The second kappa shape index (κ2) is 6.01. The minimum absolute atomic E-state index is 0.0215. The lowest BCUT2D eigenvalue weighted by atomic mass is 10.1. The van der Waals surface area contributed by atoms with E-state index in [0.717, 1.165) is 5.56 Å². The van der Waals surface area contributed by atoms with E-state index in [1.807, 2.05) is 0 Å². The fourth-order valence-electron chi connectivity index (χ4n) is 1.91. The van der Waals surface area contributed by atoms with Gasteiger partial charge < -0.3 is 5.32 Å². The maximum absolute atomic E-state index is 12.2. The zero-order valence-electron chi connectivity index (χ0n) is 11.4. The number of nitrogens with zero attached hydrogens (tertiary/aromatic N) is 2. The molecule has 0 saturated heterocycles. The first kappa shape index (κ1) is 15.1. The predicted octanol–water partition coefficient (Wildman–Crippen LogP) is 3.62. The summed E-state index contributed by atoms with van der Waals surface area (Å²) in [5.41, 5.74) is 2.14. The lowest BCUT2D eigenvalue weighted by molar-refractivity contribution is -0.385. The molecule has 1 aromatic carbocycles. The minimum atomic E-state index is -0.465. The third-order valence-corrected chi connectivity index (χ3v) is 3.41. The topological polar surface area (TPSA) is 85.1 Å². The molecule has 1 heterocycles. The van der Waals surface area contributed by atoms with Crippen molar-refractivity contribution in [2.24, 2.45) is 0 Å². The Kier molecular flexibility index (Phi) is 4.32. The molecule has 21 heavy (non-hydrogen) atoms. The van der Waals surface area contributed by atoms with Crippen molar-refractivity contribution in [3.63, 3.8) is 0 Å². The highest BCUT2D eigenvalue weighted by molar-refractivity contribution is 9.10. The minimum Gasteiger partial charge on any atom is -0.321 e. The molecule has 1 amide bonds. The average molecular weight is 350 g/mol. The molecule has 0 aliphatic heterocycles. The van der Waals surface area contributed by atoms with Crippen LogP contribution in [0.5, 0.6) is 0 Å². The summed E-state index contributed by atoms with van der Waals surface area (Å²) >= 11 is 3.19. The van der Waals surface area contributed by atoms with Crippen LogP contribution in [0.15, 0.2) is 35.1 Å². The number of anilines is 1. The van der Waals surface area contributed by atoms with Crippen molar-refractivity contribution in [1.82, 2.24) is 4.98 Å². The number of rotatable bonds is 3. The molecular formula is C14H12BrN3O3. The van der Waals surface area contributed by atoms with E-state index in [1.54, 1.807) is 32.0 Å². The number of nitro benzene ring substituents is 1. The predicted molar refractivity (Wildman–Crippen MR) is 82.5 cm³/mol. The molecule has 0 bridgehead atoms. The Bertz CT molecular complexity index is 731. The largest absolute Gasteiger partial charge is 0.321 e. The van der Waals surface area contributed by atoms with Gasteiger partial charge in [-0.15, -0.1) is 0 Å². The smallest absolute Gasteiger partial charge is 0.274 e. The van der Waals surface area contributed by atoms with Crippen LogP contribution in [0.2, 0.25) is 0 Å². The molecule has 2 aromatic rings. The van der Waals surface area contributed by atoms with Crippen LogP contribution in [0.3, 0.4) is 0 Å². The number of pyridine rings is 1. The summed E-state index contributed by atoms with van der Waals surface area (Å²) in [6, 6.07) is 6.19. The Balaban J connectivity index is 2.33. The SMILES string of the molecule is Cc1cc(C)c([N+](=O)[O-])cc1NC(=O)c1ccnc(Br)c1. The first-order chi connectivity index (χ1) is 9.88. The molecule has 0 unspecified atom stereocenters. The summed E-state index contributed by atoms with van der Waals surface area (Å²) in [5, 5.41) is 13.6. The number of carbonyl (C=O) groups is 1. The molecule has 1 aromatic heterocycles. The Morgan fingerprint density at radius 3 is 2.62 bits per heavy atom. The van der Waals surface area contributed by atoms with Crippen LogP contribution in [0.4, 0.5) is 11.4 Å². The highest BCUT2D eigenvalue weighted by Gasteiger charge is 2.15. The summed E-state index contributed by atoms with van der Waals surface area (Å²) < 4.78 is 0.543. The van der Waals surface area contributed by atoms with Crippen molar-refractivity contribution in [2.75, 3.05) is 5.32 Å². The van der Waals surface area contributed by atoms with Crippen LogP contribution in [0.1, 0.15) is 21.5 Å². The standard InChI is InChI=1S/C14H12BrN3O3/c1-8-5-9(2)12(18(20)21)7-11(8)17-14(19)10-3-4-16-13(15)6-10/h3-7H,1-2H3,(H,17,19). The Labute approximate surface area is 129 Å². The maximum atomic E-state index is 12.2. The fraction of sp³-hybridized carbons (Fsp3) is 0.143. The van der Waals surface area contributed by atoms with Gasteiger partial charge >= 0.3 is 0 Å². The molecule has 0 spiro atoms. The van der Waals surface area contributed by atoms with Gasteiger partial charge in [0, 0.05) is 23.4 Å². The molecule has 0 aliphatic rings. The van der Waals surface area contributed by atoms with E-state index in [9.17, 15) is 14.9 Å². The molecule has 0 aliphatic carbocycles. The zero-order valence-corrected chi connectivity index (χ0v) is 13.0. The normalized spacial score (nSPS) is 10.2. The van der Waals surface area contributed by atoms with Gasteiger partial charge in [-0.3, -0.25) is 14.9 Å². The molecule has 0 radical (unpaired) electrons. The van der Waals surface area contributed by atoms with E-state index in [4.69, 9.17) is 0 Å². The van der Waals surface area contributed by atoms with Gasteiger partial charge in [0.15, 0.2) is 0 Å². The number of hydrogen-bond acceptors (Lipinski definition) is 4. The highest BCUT2D eigenvalue weighted by atomic mass is 79.9. The molecule has 108 valence electrons. The van der Waals surface area contributed by atoms with Crippen molar-refractivity contribution < 1.29 is 9.72 Å². The number of halogens is 1. The fourth-order valence-corrected chi connectivity index (χ4v) is 2.28. The second-order valence-corrected chi connectivity index (χ2v) is 5.34. The highest BCUT2D eigenvalue weighted by Crippen LogP contribution is 2.26. The number of benzene rings is 1. The van der Waals surface area contributed by atoms with Crippen molar-refractivity contribution in [3.8, 4) is 0 Å². The third kappa shape index (κ3) is 3.43. The summed E-state index contributed by atoms with van der Waals surface area (Å²) in [7, 11) is 0. The summed E-state index contributed by atoms with van der Waals surface area (Å²) in [6.45, 7) is 3.45. The Morgan fingerprint density at radius 2 is 2.00 bits per heavy atom. The van der Waals surface area contributed by atoms with Crippen LogP contribution >= 0.6 is 15.9 Å². The molecule has 0 fully saturated rings. The molecule has 0 atom stereocenters. The van der Waals surface area contributed by atoms with E-state index in [0.29, 0.717) is 21.4 Å². The van der Waals surface area contributed by atoms with Gasteiger partial charge in [-0.25, -0.2) is 4.98 Å². The molecule has 6 nitrogen and oxygen atoms in total. The number of aromatic nitrogens is 1. The number of nitrogens with one attached hydrogen (secondary N) is 1. The summed E-state index contributed by atoms with van der Waals surface area (Å²) in [6.07, 6.45) is 1.50. The average Bonchev–Trinajstić information content (AvgIpc) is 2.41. The quantitative estimate of drug-likeness (QED) is 0.520. The second-order valence-electron chi connectivity index (χ2n) is 4.53. The summed E-state index contributed by atoms with van der Waals surface area (Å²) in [4.78, 5) is 26.6. The lowest BCUT2D eigenvalue weighted by Crippen LogP contribution is -2.13.